The van der Waals surface area contributed by atoms with Crippen molar-refractivity contribution in [1.82, 2.24) is 10.2 Å². The first-order valence-electron chi connectivity index (χ1n) is 7.43. The minimum atomic E-state index is -0.723. The lowest BCUT2D eigenvalue weighted by atomic mass is 9.96. The molecule has 0 spiro atoms. The summed E-state index contributed by atoms with van der Waals surface area (Å²) in [5.74, 6) is -0.0271. The maximum absolute atomic E-state index is 11.9. The number of morpholine rings is 1. The van der Waals surface area contributed by atoms with Crippen LogP contribution in [0.15, 0.2) is 0 Å². The van der Waals surface area contributed by atoms with E-state index in [1.165, 1.54) is 0 Å². The van der Waals surface area contributed by atoms with E-state index < -0.39 is 5.54 Å². The normalized spacial score (nSPS) is 19.9. The zero-order valence-corrected chi connectivity index (χ0v) is 12.4. The van der Waals surface area contributed by atoms with E-state index in [2.05, 4.69) is 10.2 Å². The Morgan fingerprint density at radius 1 is 1.37 bits per heavy atom. The van der Waals surface area contributed by atoms with Crippen LogP contribution in [0.4, 0.5) is 0 Å². The summed E-state index contributed by atoms with van der Waals surface area (Å²) in [5, 5.41) is 2.94. The van der Waals surface area contributed by atoms with Gasteiger partial charge in [-0.05, 0) is 32.7 Å². The Bertz CT molecular complexity index is 263. The van der Waals surface area contributed by atoms with E-state index in [-0.39, 0.29) is 5.91 Å². The Kier molecular flexibility index (Phi) is 7.34. The fourth-order valence-electron chi connectivity index (χ4n) is 2.32. The Morgan fingerprint density at radius 3 is 2.68 bits per heavy atom. The average Bonchev–Trinajstić information content (AvgIpc) is 2.39. The molecule has 0 bridgehead atoms. The van der Waals surface area contributed by atoms with Gasteiger partial charge in [-0.15, -0.1) is 0 Å². The number of unbranched alkanes of at least 4 members (excludes halogenated alkanes) is 1. The molecule has 0 radical (unpaired) electrons. The van der Waals surface area contributed by atoms with Gasteiger partial charge >= 0.3 is 0 Å². The lowest BCUT2D eigenvalue weighted by Gasteiger charge is -2.26. The summed E-state index contributed by atoms with van der Waals surface area (Å²) in [7, 11) is 0. The van der Waals surface area contributed by atoms with Gasteiger partial charge in [-0.1, -0.05) is 13.3 Å². The van der Waals surface area contributed by atoms with Crippen molar-refractivity contribution in [2.45, 2.75) is 45.1 Å². The predicted octanol–water partition coefficient (Wildman–Crippen LogP) is 0.733. The maximum Gasteiger partial charge on any atom is 0.239 e. The third kappa shape index (κ3) is 6.36. The lowest BCUT2D eigenvalue weighted by molar-refractivity contribution is -0.126. The van der Waals surface area contributed by atoms with Crippen LogP contribution in [0.5, 0.6) is 0 Å². The van der Waals surface area contributed by atoms with E-state index in [4.69, 9.17) is 10.5 Å². The minimum absolute atomic E-state index is 0.0271. The molecule has 0 aromatic rings. The van der Waals surface area contributed by atoms with Gasteiger partial charge in [0, 0.05) is 19.6 Å². The number of nitrogens with one attached hydrogen (secondary N) is 1. The third-order valence-corrected chi connectivity index (χ3v) is 3.58. The average molecular weight is 271 g/mol. The zero-order chi connectivity index (χ0) is 14.1. The Hall–Kier alpha value is -0.650. The van der Waals surface area contributed by atoms with Crippen LogP contribution in [-0.4, -0.2) is 55.7 Å². The molecule has 5 heteroatoms. The van der Waals surface area contributed by atoms with Gasteiger partial charge in [0.25, 0.3) is 0 Å². The van der Waals surface area contributed by atoms with E-state index in [1.807, 2.05) is 6.92 Å². The smallest absolute Gasteiger partial charge is 0.239 e. The van der Waals surface area contributed by atoms with Crippen LogP contribution in [-0.2, 0) is 9.53 Å². The van der Waals surface area contributed by atoms with Gasteiger partial charge in [-0.2, -0.15) is 0 Å². The van der Waals surface area contributed by atoms with Gasteiger partial charge in [0.15, 0.2) is 0 Å². The molecule has 1 fully saturated rings. The Balaban J connectivity index is 2.05. The maximum atomic E-state index is 11.9. The molecule has 112 valence electrons. The van der Waals surface area contributed by atoms with Crippen LogP contribution in [0.2, 0.25) is 0 Å². The topological polar surface area (TPSA) is 67.6 Å². The Labute approximate surface area is 116 Å². The first-order valence-corrected chi connectivity index (χ1v) is 7.43. The summed E-state index contributed by atoms with van der Waals surface area (Å²) < 4.78 is 5.31. The highest BCUT2D eigenvalue weighted by molar-refractivity contribution is 5.85. The van der Waals surface area contributed by atoms with Crippen molar-refractivity contribution in [3.05, 3.63) is 0 Å². The predicted molar refractivity (Wildman–Crippen MR) is 77.0 cm³/mol. The fourth-order valence-corrected chi connectivity index (χ4v) is 2.32. The molecule has 3 N–H and O–H groups in total. The molecule has 1 aliphatic rings. The van der Waals surface area contributed by atoms with Crippen LogP contribution < -0.4 is 11.1 Å². The standard InChI is InChI=1S/C14H29N3O2/c1-3-6-14(2,15)13(18)16-7-4-5-8-17-9-11-19-12-10-17/h3-12,15H2,1-2H3,(H,16,18). The summed E-state index contributed by atoms with van der Waals surface area (Å²) in [5.41, 5.74) is 5.25. The summed E-state index contributed by atoms with van der Waals surface area (Å²) in [4.78, 5) is 14.3. The SMILES string of the molecule is CCCC(C)(N)C(=O)NCCCCN1CCOCC1. The van der Waals surface area contributed by atoms with Gasteiger partial charge in [-0.3, -0.25) is 9.69 Å². The molecule has 0 saturated carbocycles. The van der Waals surface area contributed by atoms with Crippen molar-refractivity contribution < 1.29 is 9.53 Å². The van der Waals surface area contributed by atoms with Gasteiger partial charge in [-0.25, -0.2) is 0 Å². The van der Waals surface area contributed by atoms with Crippen LogP contribution in [0, 0.1) is 0 Å². The molecule has 1 aliphatic heterocycles. The summed E-state index contributed by atoms with van der Waals surface area (Å²) in [6.45, 7) is 9.42. The highest BCUT2D eigenvalue weighted by Gasteiger charge is 2.26. The van der Waals surface area contributed by atoms with Crippen LogP contribution >= 0.6 is 0 Å². The molecule has 1 unspecified atom stereocenters. The van der Waals surface area contributed by atoms with Crippen molar-refractivity contribution in [3.8, 4) is 0 Å². The summed E-state index contributed by atoms with van der Waals surface area (Å²) in [6, 6.07) is 0. The molecule has 0 aromatic carbocycles. The van der Waals surface area contributed by atoms with Gasteiger partial charge in [0.1, 0.15) is 0 Å². The van der Waals surface area contributed by atoms with Gasteiger partial charge in [0.05, 0.1) is 18.8 Å². The molecular weight excluding hydrogens is 242 g/mol. The van der Waals surface area contributed by atoms with Crippen LogP contribution in [0.25, 0.3) is 0 Å². The highest BCUT2D eigenvalue weighted by Crippen LogP contribution is 2.08. The molecule has 0 aromatic heterocycles. The number of carbonyl (C=O) groups excluding carboxylic acids is 1. The zero-order valence-electron chi connectivity index (χ0n) is 12.4. The second-order valence-corrected chi connectivity index (χ2v) is 5.58. The van der Waals surface area contributed by atoms with Crippen LogP contribution in [0.3, 0.4) is 0 Å². The second kappa shape index (κ2) is 8.51. The molecule has 1 saturated heterocycles. The van der Waals surface area contributed by atoms with E-state index in [1.54, 1.807) is 6.92 Å². The minimum Gasteiger partial charge on any atom is -0.379 e. The van der Waals surface area contributed by atoms with E-state index >= 15 is 0 Å². The number of hydrogen-bond acceptors (Lipinski definition) is 4. The quantitative estimate of drug-likeness (QED) is 0.639. The van der Waals surface area contributed by atoms with Crippen molar-refractivity contribution in [2.75, 3.05) is 39.4 Å². The molecule has 1 heterocycles. The van der Waals surface area contributed by atoms with Crippen molar-refractivity contribution in [2.24, 2.45) is 5.73 Å². The number of nitrogens with zero attached hydrogens (tertiary/aromatic N) is 1. The number of amides is 1. The number of carbonyl (C=O) groups is 1. The highest BCUT2D eigenvalue weighted by atomic mass is 16.5. The van der Waals surface area contributed by atoms with E-state index in [9.17, 15) is 4.79 Å². The second-order valence-electron chi connectivity index (χ2n) is 5.58. The molecule has 1 amide bonds. The first kappa shape index (κ1) is 16.4. The molecule has 1 rings (SSSR count). The van der Waals surface area contributed by atoms with Gasteiger partial charge in [0.2, 0.25) is 5.91 Å². The van der Waals surface area contributed by atoms with Gasteiger partial charge < -0.3 is 15.8 Å². The number of hydrogen-bond donors (Lipinski definition) is 2. The molecule has 1 atom stereocenters. The van der Waals surface area contributed by atoms with Crippen molar-refractivity contribution >= 4 is 5.91 Å². The van der Waals surface area contributed by atoms with Crippen molar-refractivity contribution in [1.29, 1.82) is 0 Å². The summed E-state index contributed by atoms with van der Waals surface area (Å²) >= 11 is 0. The third-order valence-electron chi connectivity index (χ3n) is 3.58. The van der Waals surface area contributed by atoms with Crippen molar-refractivity contribution in [3.63, 3.8) is 0 Å². The molecular formula is C14H29N3O2. The van der Waals surface area contributed by atoms with Crippen LogP contribution in [0.1, 0.15) is 39.5 Å². The number of nitrogens with two attached hydrogens (primary N) is 1. The largest absolute Gasteiger partial charge is 0.379 e. The molecule has 19 heavy (non-hydrogen) atoms. The molecule has 0 aliphatic carbocycles. The monoisotopic (exact) mass is 271 g/mol. The van der Waals surface area contributed by atoms with E-state index in [0.717, 1.165) is 65.1 Å². The molecule has 5 nitrogen and oxygen atoms in total. The first-order chi connectivity index (χ1) is 9.06. The number of ether oxygens (including phenoxy) is 1. The lowest BCUT2D eigenvalue weighted by Crippen LogP contribution is -2.51. The number of rotatable bonds is 8. The van der Waals surface area contributed by atoms with E-state index in [0.29, 0.717) is 0 Å². The Morgan fingerprint density at radius 2 is 2.05 bits per heavy atom. The summed E-state index contributed by atoms with van der Waals surface area (Å²) in [6.07, 6.45) is 3.77. The fraction of sp³-hybridized carbons (Fsp3) is 0.929.